The molecule has 2 aromatic rings. The first-order chi connectivity index (χ1) is 11.5. The van der Waals surface area contributed by atoms with E-state index in [4.69, 9.17) is 17.3 Å². The Morgan fingerprint density at radius 2 is 1.79 bits per heavy atom. The molecule has 0 saturated carbocycles. The number of hydrogen-bond acceptors (Lipinski definition) is 3. The van der Waals surface area contributed by atoms with Gasteiger partial charge in [0.1, 0.15) is 0 Å². The Balaban J connectivity index is 2.16. The van der Waals surface area contributed by atoms with Crippen LogP contribution in [0, 0.1) is 6.92 Å². The molecule has 0 unspecified atom stereocenters. The third-order valence-corrected chi connectivity index (χ3v) is 5.06. The Labute approximate surface area is 153 Å². The monoisotopic (exact) mass is 358 g/mol. The molecule has 24 heavy (non-hydrogen) atoms. The van der Waals surface area contributed by atoms with Crippen LogP contribution in [0.4, 0.5) is 0 Å². The number of aryl methyl sites for hydroxylation is 2. The van der Waals surface area contributed by atoms with Gasteiger partial charge in [0.05, 0.1) is 4.86 Å². The molecule has 0 aromatic heterocycles. The third kappa shape index (κ3) is 5.46. The van der Waals surface area contributed by atoms with Gasteiger partial charge in [-0.1, -0.05) is 48.1 Å². The first-order valence-corrected chi connectivity index (χ1v) is 9.64. The minimum absolute atomic E-state index is 0.233. The summed E-state index contributed by atoms with van der Waals surface area (Å²) in [6, 6.07) is 14.7. The smallest absolute Gasteiger partial charge is 0.303 e. The molecule has 0 aliphatic rings. The van der Waals surface area contributed by atoms with Crippen molar-refractivity contribution in [2.24, 2.45) is 0 Å². The molecule has 0 heterocycles. The molecule has 0 bridgehead atoms. The summed E-state index contributed by atoms with van der Waals surface area (Å²) >= 11 is 7.38. The summed E-state index contributed by atoms with van der Waals surface area (Å²) in [5.74, 6) is -0.728. The van der Waals surface area contributed by atoms with Crippen molar-refractivity contribution in [3.05, 3.63) is 64.7 Å². The Hall–Kier alpha value is -1.65. The molecular weight excluding hydrogens is 336 g/mol. The summed E-state index contributed by atoms with van der Waals surface area (Å²) in [7, 11) is 0. The molecule has 0 fully saturated rings. The molecule has 1 N–H and O–H groups in total. The van der Waals surface area contributed by atoms with Crippen LogP contribution in [0.2, 0.25) is 0 Å². The number of rotatable bonds is 8. The average molecular weight is 359 g/mol. The molecule has 0 spiro atoms. The molecule has 0 atom stereocenters. The molecular formula is C20H22O2S2. The number of carboxylic acids is 1. The van der Waals surface area contributed by atoms with Crippen molar-refractivity contribution in [2.45, 2.75) is 37.5 Å². The Morgan fingerprint density at radius 1 is 1.08 bits per heavy atom. The summed E-state index contributed by atoms with van der Waals surface area (Å²) < 4.78 is 0. The van der Waals surface area contributed by atoms with Crippen LogP contribution in [0.25, 0.3) is 0 Å². The molecule has 126 valence electrons. The zero-order chi connectivity index (χ0) is 17.5. The largest absolute Gasteiger partial charge is 0.481 e. The van der Waals surface area contributed by atoms with E-state index in [1.54, 1.807) is 11.8 Å². The second-order valence-corrected chi connectivity index (χ2v) is 7.15. The summed E-state index contributed by atoms with van der Waals surface area (Å²) in [6.45, 7) is 2.07. The van der Waals surface area contributed by atoms with E-state index in [-0.39, 0.29) is 6.42 Å². The van der Waals surface area contributed by atoms with Gasteiger partial charge in [0, 0.05) is 11.3 Å². The van der Waals surface area contributed by atoms with Gasteiger partial charge in [0.25, 0.3) is 0 Å². The second kappa shape index (κ2) is 9.00. The van der Waals surface area contributed by atoms with Crippen LogP contribution in [0.5, 0.6) is 0 Å². The van der Waals surface area contributed by atoms with E-state index in [0.29, 0.717) is 6.42 Å². The fraction of sp³-hybridized carbons (Fsp3) is 0.300. The highest BCUT2D eigenvalue weighted by Crippen LogP contribution is 2.23. The number of thiocarbonyl (C=S) groups is 1. The maximum Gasteiger partial charge on any atom is 0.303 e. The van der Waals surface area contributed by atoms with E-state index in [2.05, 4.69) is 55.6 Å². The molecule has 0 amide bonds. The van der Waals surface area contributed by atoms with E-state index >= 15 is 0 Å². The highest BCUT2D eigenvalue weighted by Gasteiger charge is 2.08. The number of benzene rings is 2. The number of thioether (sulfide) groups is 1. The number of unbranched alkanes of at least 4 members (excludes halogenated alkanes) is 1. The van der Waals surface area contributed by atoms with Gasteiger partial charge in [-0.25, -0.2) is 0 Å². The van der Waals surface area contributed by atoms with Gasteiger partial charge in [-0.2, -0.15) is 0 Å². The average Bonchev–Trinajstić information content (AvgIpc) is 2.58. The fourth-order valence-corrected chi connectivity index (χ4v) is 3.30. The summed E-state index contributed by atoms with van der Waals surface area (Å²) in [4.78, 5) is 12.7. The quantitative estimate of drug-likeness (QED) is 0.301. The molecule has 4 heteroatoms. The molecule has 2 nitrogen and oxygen atoms in total. The van der Waals surface area contributed by atoms with Crippen molar-refractivity contribution >= 4 is 34.8 Å². The van der Waals surface area contributed by atoms with Crippen LogP contribution in [-0.4, -0.2) is 22.2 Å². The van der Waals surface area contributed by atoms with Gasteiger partial charge in [-0.05, 0) is 61.3 Å². The first-order valence-electron chi connectivity index (χ1n) is 8.00. The van der Waals surface area contributed by atoms with Crippen molar-refractivity contribution in [1.82, 2.24) is 0 Å². The number of carbonyl (C=O) groups is 1. The molecule has 0 aliphatic carbocycles. The molecule has 2 rings (SSSR count). The fourth-order valence-electron chi connectivity index (χ4n) is 2.53. The highest BCUT2D eigenvalue weighted by molar-refractivity contribution is 7.98. The van der Waals surface area contributed by atoms with Crippen molar-refractivity contribution < 1.29 is 9.90 Å². The van der Waals surface area contributed by atoms with Crippen LogP contribution >= 0.6 is 24.0 Å². The maximum atomic E-state index is 10.6. The van der Waals surface area contributed by atoms with Crippen molar-refractivity contribution in [2.75, 3.05) is 6.26 Å². The van der Waals surface area contributed by atoms with Crippen LogP contribution in [0.1, 0.15) is 41.5 Å². The van der Waals surface area contributed by atoms with Gasteiger partial charge in [-0.3, -0.25) is 4.79 Å². The third-order valence-electron chi connectivity index (χ3n) is 3.88. The predicted octanol–water partition coefficient (Wildman–Crippen LogP) is 5.28. The first kappa shape index (κ1) is 18.7. The Kier molecular flexibility index (Phi) is 7.00. The van der Waals surface area contributed by atoms with E-state index in [1.165, 1.54) is 16.0 Å². The van der Waals surface area contributed by atoms with Gasteiger partial charge in [0.15, 0.2) is 0 Å². The topological polar surface area (TPSA) is 37.3 Å². The van der Waals surface area contributed by atoms with Crippen LogP contribution in [0.3, 0.4) is 0 Å². The maximum absolute atomic E-state index is 10.6. The number of aliphatic carboxylic acids is 1. The number of hydrogen-bond donors (Lipinski definition) is 1. The Morgan fingerprint density at radius 3 is 2.42 bits per heavy atom. The molecule has 2 aromatic carbocycles. The lowest BCUT2D eigenvalue weighted by molar-refractivity contribution is -0.137. The van der Waals surface area contributed by atoms with Crippen LogP contribution in [-0.2, 0) is 11.2 Å². The van der Waals surface area contributed by atoms with Crippen LogP contribution < -0.4 is 0 Å². The van der Waals surface area contributed by atoms with E-state index in [1.807, 2.05) is 0 Å². The van der Waals surface area contributed by atoms with Gasteiger partial charge in [0.2, 0.25) is 0 Å². The van der Waals surface area contributed by atoms with Gasteiger partial charge < -0.3 is 5.11 Å². The summed E-state index contributed by atoms with van der Waals surface area (Å²) in [5, 5.41) is 8.73. The van der Waals surface area contributed by atoms with E-state index in [9.17, 15) is 4.79 Å². The lowest BCUT2D eigenvalue weighted by Crippen LogP contribution is -2.02. The normalized spacial score (nSPS) is 10.6. The minimum Gasteiger partial charge on any atom is -0.481 e. The van der Waals surface area contributed by atoms with Crippen molar-refractivity contribution in [3.63, 3.8) is 0 Å². The molecule has 0 radical (unpaired) electrons. The second-order valence-electron chi connectivity index (χ2n) is 5.87. The van der Waals surface area contributed by atoms with Crippen LogP contribution in [0.15, 0.2) is 47.4 Å². The lowest BCUT2D eigenvalue weighted by Gasteiger charge is -2.10. The highest BCUT2D eigenvalue weighted by atomic mass is 32.2. The Bertz CT molecular complexity index is 721. The summed E-state index contributed by atoms with van der Waals surface area (Å²) in [5.41, 5.74) is 4.56. The zero-order valence-electron chi connectivity index (χ0n) is 14.0. The SMILES string of the molecule is CSc1cc(CCCCC(=O)O)cc(C(=S)c2ccc(C)cc2)c1. The lowest BCUT2D eigenvalue weighted by atomic mass is 9.99. The van der Waals surface area contributed by atoms with Crippen molar-refractivity contribution in [1.29, 1.82) is 0 Å². The summed E-state index contributed by atoms with van der Waals surface area (Å²) in [6.07, 6.45) is 4.75. The van der Waals surface area contributed by atoms with E-state index in [0.717, 1.165) is 28.8 Å². The molecule has 0 saturated heterocycles. The molecule has 0 aliphatic heterocycles. The van der Waals surface area contributed by atoms with E-state index < -0.39 is 5.97 Å². The minimum atomic E-state index is -0.728. The predicted molar refractivity (Wildman–Crippen MR) is 105 cm³/mol. The van der Waals surface area contributed by atoms with Gasteiger partial charge in [-0.15, -0.1) is 11.8 Å². The van der Waals surface area contributed by atoms with Crippen molar-refractivity contribution in [3.8, 4) is 0 Å². The number of carboxylic acid groups (broad SMARTS) is 1. The zero-order valence-corrected chi connectivity index (χ0v) is 15.7. The standard InChI is InChI=1S/C20H22O2S2/c1-14-7-9-16(10-8-14)20(23)17-11-15(12-18(13-17)24-2)5-3-4-6-19(21)22/h7-13H,3-6H2,1-2H3,(H,21,22). The van der Waals surface area contributed by atoms with Gasteiger partial charge >= 0.3 is 5.97 Å².